The normalized spacial score (nSPS) is 10.8. The first kappa shape index (κ1) is 10.2. The zero-order valence-corrected chi connectivity index (χ0v) is 7.78. The van der Waals surface area contributed by atoms with E-state index in [1.54, 1.807) is 0 Å². The van der Waals surface area contributed by atoms with Crippen LogP contribution in [0.2, 0.25) is 0 Å². The molecule has 0 aliphatic rings. The van der Waals surface area contributed by atoms with Crippen LogP contribution in [0.5, 0.6) is 0 Å². The summed E-state index contributed by atoms with van der Waals surface area (Å²) >= 11 is 5.50. The van der Waals surface area contributed by atoms with Crippen LogP contribution in [-0.2, 0) is 5.88 Å². The lowest BCUT2D eigenvalue weighted by molar-refractivity contribution is 0.149. The molecule has 0 aliphatic heterocycles. The molecule has 2 N–H and O–H groups in total. The minimum absolute atomic E-state index is 0.0211. The van der Waals surface area contributed by atoms with E-state index in [2.05, 4.69) is 4.98 Å². The highest BCUT2D eigenvalue weighted by molar-refractivity contribution is 6.17. The predicted molar refractivity (Wildman–Crippen MR) is 47.9 cm³/mol. The van der Waals surface area contributed by atoms with Crippen LogP contribution in [0.4, 0.5) is 14.6 Å². The van der Waals surface area contributed by atoms with Crippen molar-refractivity contribution in [2.75, 3.05) is 5.73 Å². The van der Waals surface area contributed by atoms with Gasteiger partial charge in [-0.15, -0.1) is 11.6 Å². The molecule has 0 bridgehead atoms. The Kier molecular flexibility index (Phi) is 3.03. The lowest BCUT2D eigenvalue weighted by atomic mass is 10.1. The number of halogens is 3. The lowest BCUT2D eigenvalue weighted by Crippen LogP contribution is -2.02. The van der Waals surface area contributed by atoms with Crippen molar-refractivity contribution in [3.8, 4) is 0 Å². The molecular formula is C8H9ClF2N2. The number of aryl methyl sites for hydroxylation is 1. The molecule has 1 aromatic heterocycles. The third kappa shape index (κ3) is 2.06. The van der Waals surface area contributed by atoms with E-state index in [1.165, 1.54) is 13.0 Å². The van der Waals surface area contributed by atoms with Crippen LogP contribution >= 0.6 is 11.6 Å². The molecule has 0 saturated heterocycles. The van der Waals surface area contributed by atoms with Gasteiger partial charge in [-0.25, -0.2) is 13.8 Å². The van der Waals surface area contributed by atoms with Crippen LogP contribution < -0.4 is 5.73 Å². The summed E-state index contributed by atoms with van der Waals surface area (Å²) in [5.41, 5.74) is 5.87. The molecule has 0 fully saturated rings. The molecular weight excluding hydrogens is 198 g/mol. The SMILES string of the molecule is Cc1nc(N)cc(CCl)c1C(F)F. The van der Waals surface area contributed by atoms with E-state index in [4.69, 9.17) is 17.3 Å². The van der Waals surface area contributed by atoms with Crippen molar-refractivity contribution >= 4 is 17.4 Å². The molecule has 0 spiro atoms. The van der Waals surface area contributed by atoms with Gasteiger partial charge >= 0.3 is 0 Å². The van der Waals surface area contributed by atoms with Crippen molar-refractivity contribution in [2.24, 2.45) is 0 Å². The lowest BCUT2D eigenvalue weighted by Gasteiger charge is -2.09. The molecule has 1 heterocycles. The Morgan fingerprint density at radius 3 is 2.69 bits per heavy atom. The maximum Gasteiger partial charge on any atom is 0.265 e. The van der Waals surface area contributed by atoms with Gasteiger partial charge in [-0.2, -0.15) is 0 Å². The molecule has 0 saturated carbocycles. The summed E-state index contributed by atoms with van der Waals surface area (Å²) in [6.07, 6.45) is -2.55. The fourth-order valence-corrected chi connectivity index (χ4v) is 1.40. The van der Waals surface area contributed by atoms with Gasteiger partial charge in [0, 0.05) is 17.1 Å². The van der Waals surface area contributed by atoms with Crippen molar-refractivity contribution in [2.45, 2.75) is 19.2 Å². The van der Waals surface area contributed by atoms with E-state index in [0.717, 1.165) is 0 Å². The molecule has 0 unspecified atom stereocenters. The van der Waals surface area contributed by atoms with Gasteiger partial charge in [0.2, 0.25) is 0 Å². The smallest absolute Gasteiger partial charge is 0.265 e. The van der Waals surface area contributed by atoms with Crippen molar-refractivity contribution in [1.29, 1.82) is 0 Å². The Hall–Kier alpha value is -0.900. The number of nitrogens with two attached hydrogens (primary N) is 1. The predicted octanol–water partition coefficient (Wildman–Crippen LogP) is 2.65. The summed E-state index contributed by atoms with van der Waals surface area (Å²) in [4.78, 5) is 3.74. The summed E-state index contributed by atoms with van der Waals surface area (Å²) in [5, 5.41) is 0. The highest BCUT2D eigenvalue weighted by Gasteiger charge is 2.16. The van der Waals surface area contributed by atoms with Crippen LogP contribution in [0.15, 0.2) is 6.07 Å². The van der Waals surface area contributed by atoms with Crippen LogP contribution in [0.1, 0.15) is 23.2 Å². The van der Waals surface area contributed by atoms with Gasteiger partial charge in [-0.1, -0.05) is 0 Å². The maximum atomic E-state index is 12.5. The number of anilines is 1. The Morgan fingerprint density at radius 2 is 2.23 bits per heavy atom. The zero-order chi connectivity index (χ0) is 10.0. The van der Waals surface area contributed by atoms with Gasteiger partial charge in [0.05, 0.1) is 0 Å². The topological polar surface area (TPSA) is 38.9 Å². The average molecular weight is 207 g/mol. The Labute approximate surface area is 79.7 Å². The highest BCUT2D eigenvalue weighted by Crippen LogP contribution is 2.27. The number of pyridine rings is 1. The largest absolute Gasteiger partial charge is 0.384 e. The van der Waals surface area contributed by atoms with Crippen molar-refractivity contribution in [3.63, 3.8) is 0 Å². The Balaban J connectivity index is 3.30. The summed E-state index contributed by atoms with van der Waals surface area (Å²) in [6.45, 7) is 1.49. The maximum absolute atomic E-state index is 12.5. The summed E-state index contributed by atoms with van der Waals surface area (Å²) < 4.78 is 24.9. The number of rotatable bonds is 2. The van der Waals surface area contributed by atoms with Crippen molar-refractivity contribution in [1.82, 2.24) is 4.98 Å². The van der Waals surface area contributed by atoms with E-state index in [0.29, 0.717) is 5.56 Å². The fourth-order valence-electron chi connectivity index (χ4n) is 1.18. The third-order valence-electron chi connectivity index (χ3n) is 1.72. The van der Waals surface area contributed by atoms with Gasteiger partial charge in [0.15, 0.2) is 0 Å². The van der Waals surface area contributed by atoms with E-state index in [-0.39, 0.29) is 23.0 Å². The second-order valence-electron chi connectivity index (χ2n) is 2.64. The first-order valence-electron chi connectivity index (χ1n) is 3.66. The average Bonchev–Trinajstić information content (AvgIpc) is 2.01. The zero-order valence-electron chi connectivity index (χ0n) is 7.02. The number of nitrogens with zero attached hydrogens (tertiary/aromatic N) is 1. The molecule has 13 heavy (non-hydrogen) atoms. The third-order valence-corrected chi connectivity index (χ3v) is 2.00. The number of nitrogen functional groups attached to an aromatic ring is 1. The Bertz CT molecular complexity index is 315. The van der Waals surface area contributed by atoms with Crippen LogP contribution in [0.3, 0.4) is 0 Å². The van der Waals surface area contributed by atoms with Gasteiger partial charge in [-0.05, 0) is 18.6 Å². The second-order valence-corrected chi connectivity index (χ2v) is 2.91. The number of aromatic nitrogens is 1. The summed E-state index contributed by atoms with van der Waals surface area (Å²) in [7, 11) is 0. The van der Waals surface area contributed by atoms with Crippen molar-refractivity contribution < 1.29 is 8.78 Å². The van der Waals surface area contributed by atoms with E-state index >= 15 is 0 Å². The first-order chi connectivity index (χ1) is 6.06. The monoisotopic (exact) mass is 206 g/mol. The molecule has 2 nitrogen and oxygen atoms in total. The molecule has 0 aromatic carbocycles. The molecule has 0 amide bonds. The molecule has 72 valence electrons. The van der Waals surface area contributed by atoms with Gasteiger partial charge in [0.1, 0.15) is 5.82 Å². The van der Waals surface area contributed by atoms with Gasteiger partial charge in [-0.3, -0.25) is 0 Å². The number of hydrogen-bond acceptors (Lipinski definition) is 2. The number of hydrogen-bond donors (Lipinski definition) is 1. The fraction of sp³-hybridized carbons (Fsp3) is 0.375. The molecule has 5 heteroatoms. The van der Waals surface area contributed by atoms with Gasteiger partial charge < -0.3 is 5.73 Å². The molecule has 0 radical (unpaired) electrons. The van der Waals surface area contributed by atoms with Gasteiger partial charge in [0.25, 0.3) is 6.43 Å². The highest BCUT2D eigenvalue weighted by atomic mass is 35.5. The van der Waals surface area contributed by atoms with E-state index < -0.39 is 6.43 Å². The number of alkyl halides is 3. The van der Waals surface area contributed by atoms with Crippen molar-refractivity contribution in [3.05, 3.63) is 22.9 Å². The van der Waals surface area contributed by atoms with Crippen LogP contribution in [0.25, 0.3) is 0 Å². The molecule has 1 rings (SSSR count). The molecule has 1 aromatic rings. The van der Waals surface area contributed by atoms with E-state index in [1.807, 2.05) is 0 Å². The summed E-state index contributed by atoms with van der Waals surface area (Å²) in [6, 6.07) is 1.38. The minimum Gasteiger partial charge on any atom is -0.384 e. The van der Waals surface area contributed by atoms with E-state index in [9.17, 15) is 8.78 Å². The molecule has 0 aliphatic carbocycles. The quantitative estimate of drug-likeness (QED) is 0.756. The van der Waals surface area contributed by atoms with Crippen LogP contribution in [-0.4, -0.2) is 4.98 Å². The minimum atomic E-state index is -2.55. The summed E-state index contributed by atoms with van der Waals surface area (Å²) in [5.74, 6) is 0.241. The first-order valence-corrected chi connectivity index (χ1v) is 4.19. The second kappa shape index (κ2) is 3.87. The standard InChI is InChI=1S/C8H9ClF2N2/c1-4-7(8(10)11)5(3-9)2-6(12)13-4/h2,8H,3H2,1H3,(H2,12,13). The Morgan fingerprint density at radius 1 is 1.62 bits per heavy atom. The van der Waals surface area contributed by atoms with Crippen LogP contribution in [0, 0.1) is 6.92 Å². The molecule has 0 atom stereocenters.